The van der Waals surface area contributed by atoms with Crippen molar-refractivity contribution in [2.24, 2.45) is 0 Å². The third-order valence-electron chi connectivity index (χ3n) is 15.2. The third kappa shape index (κ3) is 6.49. The van der Waals surface area contributed by atoms with Crippen LogP contribution in [0.3, 0.4) is 0 Å². The summed E-state index contributed by atoms with van der Waals surface area (Å²) in [5.41, 5.74) is 15.6. The monoisotopic (exact) mass is 987 g/mol. The summed E-state index contributed by atoms with van der Waals surface area (Å²) in [5, 5.41) is 9.09. The summed E-state index contributed by atoms with van der Waals surface area (Å²) < 4.78 is 14.0. The number of aromatic nitrogens is 5. The van der Waals surface area contributed by atoms with E-state index in [1.807, 2.05) is 23.5 Å². The van der Waals surface area contributed by atoms with Gasteiger partial charge in [0.1, 0.15) is 11.2 Å². The predicted molar refractivity (Wildman–Crippen MR) is 316 cm³/mol. The van der Waals surface area contributed by atoms with Crippen molar-refractivity contribution in [1.82, 2.24) is 24.1 Å². The van der Waals surface area contributed by atoms with Gasteiger partial charge in [0.05, 0.1) is 39.0 Å². The SMILES string of the molecule is c1ccc(-c2ccccc2-n2c3ccccc3c3cccc(-n4c5ccccc5c5cc(-c6nc(-c7ccc8sc9cccc(-c%10ccccc%10)c9c8c7)nc(-c7cccc8c7oc7ccccc78)n6)ccc54)c32)cc1. The molecule has 0 saturated carbocycles. The van der Waals surface area contributed by atoms with E-state index in [1.54, 1.807) is 0 Å². The number of nitrogens with zero attached hydrogens (tertiary/aromatic N) is 5. The lowest BCUT2D eigenvalue weighted by atomic mass is 9.99. The minimum Gasteiger partial charge on any atom is -0.455 e. The molecule has 0 atom stereocenters. The molecule has 6 nitrogen and oxygen atoms in total. The standard InChI is InChI=1S/C69H41N5OS/c1-3-18-42(19-4-1)46-22-7-11-30-56(46)74-58-32-13-8-23-48(58)51-27-16-33-60(65(51)74)73-57-31-12-9-24-49(57)54-40-44(36-38-59(54)73)67-70-68(72-69(71-67)53-29-15-28-52-50-25-10-14-34-61(50)75-66(52)53)45-37-39-62-55(41-45)64-47(26-17-35-63(64)76-62)43-20-5-2-6-21-43/h1-41H. The molecular weight excluding hydrogens is 947 g/mol. The molecule has 5 heterocycles. The molecule has 354 valence electrons. The van der Waals surface area contributed by atoms with Gasteiger partial charge in [-0.1, -0.05) is 170 Å². The van der Waals surface area contributed by atoms with Gasteiger partial charge in [-0.2, -0.15) is 0 Å². The van der Waals surface area contributed by atoms with Gasteiger partial charge in [0.2, 0.25) is 0 Å². The van der Waals surface area contributed by atoms with Crippen LogP contribution < -0.4 is 0 Å². The first-order chi connectivity index (χ1) is 37.7. The van der Waals surface area contributed by atoms with E-state index < -0.39 is 0 Å². The van der Waals surface area contributed by atoms with Gasteiger partial charge in [-0.15, -0.1) is 11.3 Å². The molecule has 16 rings (SSSR count). The molecule has 0 aliphatic rings. The summed E-state index contributed by atoms with van der Waals surface area (Å²) in [5.74, 6) is 1.71. The molecule has 7 heteroatoms. The van der Waals surface area contributed by atoms with Crippen LogP contribution in [-0.4, -0.2) is 24.1 Å². The summed E-state index contributed by atoms with van der Waals surface area (Å²) in [6, 6.07) is 88.7. The van der Waals surface area contributed by atoms with Crippen molar-refractivity contribution in [2.45, 2.75) is 0 Å². The minimum absolute atomic E-state index is 0.544. The average molecular weight is 988 g/mol. The van der Waals surface area contributed by atoms with E-state index in [1.165, 1.54) is 53.2 Å². The lowest BCUT2D eigenvalue weighted by Gasteiger charge is -2.17. The smallest absolute Gasteiger partial charge is 0.167 e. The second-order valence-electron chi connectivity index (χ2n) is 19.4. The molecule has 16 aromatic rings. The van der Waals surface area contributed by atoms with Crippen LogP contribution in [0.1, 0.15) is 0 Å². The highest BCUT2D eigenvalue weighted by Gasteiger charge is 2.24. The fourth-order valence-electron chi connectivity index (χ4n) is 11.8. The van der Waals surface area contributed by atoms with Crippen LogP contribution >= 0.6 is 11.3 Å². The number of hydrogen-bond acceptors (Lipinski definition) is 5. The molecule has 0 spiro atoms. The van der Waals surface area contributed by atoms with Gasteiger partial charge < -0.3 is 13.6 Å². The summed E-state index contributed by atoms with van der Waals surface area (Å²) in [4.78, 5) is 16.1. The van der Waals surface area contributed by atoms with Gasteiger partial charge >= 0.3 is 0 Å². The van der Waals surface area contributed by atoms with Crippen LogP contribution in [0.4, 0.5) is 0 Å². The van der Waals surface area contributed by atoms with Gasteiger partial charge in [0.25, 0.3) is 0 Å². The number of benzene rings is 11. The lowest BCUT2D eigenvalue weighted by molar-refractivity contribution is 0.669. The number of furan rings is 1. The molecule has 11 aromatic carbocycles. The van der Waals surface area contributed by atoms with Crippen LogP contribution in [0.2, 0.25) is 0 Å². The van der Waals surface area contributed by atoms with E-state index in [4.69, 9.17) is 19.4 Å². The van der Waals surface area contributed by atoms with E-state index in [0.29, 0.717) is 17.5 Å². The Labute approximate surface area is 439 Å². The van der Waals surface area contributed by atoms with Gasteiger partial charge in [-0.3, -0.25) is 0 Å². The molecule has 0 N–H and O–H groups in total. The molecule has 0 saturated heterocycles. The van der Waals surface area contributed by atoms with E-state index in [0.717, 1.165) is 82.8 Å². The Hall–Kier alpha value is -9.95. The second kappa shape index (κ2) is 16.8. The van der Waals surface area contributed by atoms with Crippen molar-refractivity contribution in [2.75, 3.05) is 0 Å². The highest BCUT2D eigenvalue weighted by Crippen LogP contribution is 2.45. The van der Waals surface area contributed by atoms with Crippen LogP contribution in [-0.2, 0) is 0 Å². The van der Waals surface area contributed by atoms with Crippen molar-refractivity contribution >= 4 is 97.1 Å². The fourth-order valence-corrected chi connectivity index (χ4v) is 12.9. The molecule has 0 unspecified atom stereocenters. The Morgan fingerprint density at radius 3 is 1.66 bits per heavy atom. The topological polar surface area (TPSA) is 61.7 Å². The molecular formula is C69H41N5OS. The summed E-state index contributed by atoms with van der Waals surface area (Å²) in [6.45, 7) is 0. The number of thiophene rings is 1. The molecule has 0 radical (unpaired) electrons. The van der Waals surface area contributed by atoms with Crippen LogP contribution in [0.15, 0.2) is 253 Å². The van der Waals surface area contributed by atoms with Crippen molar-refractivity contribution in [1.29, 1.82) is 0 Å². The molecule has 0 amide bonds. The van der Waals surface area contributed by atoms with Gasteiger partial charge in [-0.25, -0.2) is 15.0 Å². The predicted octanol–water partition coefficient (Wildman–Crippen LogP) is 18.7. The molecule has 0 fully saturated rings. The molecule has 0 aliphatic heterocycles. The van der Waals surface area contributed by atoms with Crippen LogP contribution in [0, 0.1) is 0 Å². The fraction of sp³-hybridized carbons (Fsp3) is 0. The van der Waals surface area contributed by atoms with E-state index in [9.17, 15) is 0 Å². The number of para-hydroxylation sites is 6. The average Bonchev–Trinajstić information content (AvgIpc) is 4.26. The second-order valence-corrected chi connectivity index (χ2v) is 20.5. The van der Waals surface area contributed by atoms with Crippen molar-refractivity contribution in [3.8, 4) is 67.8 Å². The summed E-state index contributed by atoms with van der Waals surface area (Å²) in [6.07, 6.45) is 0. The Morgan fingerprint density at radius 2 is 0.855 bits per heavy atom. The summed E-state index contributed by atoms with van der Waals surface area (Å²) in [7, 11) is 0. The van der Waals surface area contributed by atoms with E-state index in [-0.39, 0.29) is 0 Å². The largest absolute Gasteiger partial charge is 0.455 e. The molecule has 0 aliphatic carbocycles. The number of fused-ring (bicyclic) bond motifs is 12. The molecule has 5 aromatic heterocycles. The zero-order chi connectivity index (χ0) is 49.8. The van der Waals surface area contributed by atoms with Crippen molar-refractivity contribution < 1.29 is 4.42 Å². The maximum atomic E-state index is 6.64. The van der Waals surface area contributed by atoms with Crippen molar-refractivity contribution in [3.63, 3.8) is 0 Å². The summed E-state index contributed by atoms with van der Waals surface area (Å²) >= 11 is 1.81. The maximum Gasteiger partial charge on any atom is 0.167 e. The number of hydrogen-bond donors (Lipinski definition) is 0. The normalized spacial score (nSPS) is 11.9. The van der Waals surface area contributed by atoms with Gasteiger partial charge in [0, 0.05) is 69.2 Å². The van der Waals surface area contributed by atoms with Crippen LogP contribution in [0.25, 0.3) is 154 Å². The first-order valence-corrected chi connectivity index (χ1v) is 26.4. The minimum atomic E-state index is 0.544. The molecule has 0 bridgehead atoms. The first kappa shape index (κ1) is 42.5. The quantitative estimate of drug-likeness (QED) is 0.160. The zero-order valence-electron chi connectivity index (χ0n) is 40.7. The maximum absolute atomic E-state index is 6.64. The lowest BCUT2D eigenvalue weighted by Crippen LogP contribution is -2.02. The van der Waals surface area contributed by atoms with Gasteiger partial charge in [0.15, 0.2) is 17.5 Å². The van der Waals surface area contributed by atoms with Crippen LogP contribution in [0.5, 0.6) is 0 Å². The zero-order valence-corrected chi connectivity index (χ0v) is 41.5. The van der Waals surface area contributed by atoms with Gasteiger partial charge in [-0.05, 0) is 95.6 Å². The first-order valence-electron chi connectivity index (χ1n) is 25.6. The Bertz CT molecular complexity index is 5010. The van der Waals surface area contributed by atoms with Crippen molar-refractivity contribution in [3.05, 3.63) is 249 Å². The highest BCUT2D eigenvalue weighted by molar-refractivity contribution is 7.26. The Morgan fingerprint density at radius 1 is 0.316 bits per heavy atom. The van der Waals surface area contributed by atoms with E-state index in [2.05, 4.69) is 246 Å². The Balaban J connectivity index is 0.924. The van der Waals surface area contributed by atoms with E-state index >= 15 is 0 Å². The molecule has 76 heavy (non-hydrogen) atoms. The number of rotatable bonds is 7. The highest BCUT2D eigenvalue weighted by atomic mass is 32.1. The third-order valence-corrected chi connectivity index (χ3v) is 16.3. The Kier molecular flexibility index (Phi) is 9.40.